The third-order valence-electron chi connectivity index (χ3n) is 6.01. The summed E-state index contributed by atoms with van der Waals surface area (Å²) in [6.07, 6.45) is 4.16. The molecule has 0 fully saturated rings. The van der Waals surface area contributed by atoms with Gasteiger partial charge < -0.3 is 10.1 Å². The third kappa shape index (κ3) is 4.43. The smallest absolute Gasteiger partial charge is 0.267 e. The van der Waals surface area contributed by atoms with Crippen molar-refractivity contribution >= 4 is 39.2 Å². The number of hydrogen-bond donors (Lipinski definition) is 1. The van der Waals surface area contributed by atoms with E-state index in [0.29, 0.717) is 22.5 Å². The normalized spacial score (nSPS) is 14.4. The molecule has 1 N–H and O–H groups in total. The van der Waals surface area contributed by atoms with Crippen molar-refractivity contribution in [2.24, 2.45) is 5.92 Å². The highest BCUT2D eigenvalue weighted by atomic mass is 32.2. The zero-order valence-corrected chi connectivity index (χ0v) is 20.6. The number of nitrogens with zero attached hydrogens (tertiary/aromatic N) is 2. The Labute approximate surface area is 196 Å². The lowest BCUT2D eigenvalue weighted by Crippen LogP contribution is -2.37. The molecule has 1 aliphatic rings. The minimum Gasteiger partial charge on any atom is -0.495 e. The fourth-order valence-electron chi connectivity index (χ4n) is 3.90. The molecule has 170 valence electrons. The number of thioether (sulfide) groups is 1. The van der Waals surface area contributed by atoms with Gasteiger partial charge in [0.1, 0.15) is 10.6 Å². The van der Waals surface area contributed by atoms with Crippen LogP contribution >= 0.6 is 23.1 Å². The number of aryl methyl sites for hydroxylation is 2. The van der Waals surface area contributed by atoms with Crippen LogP contribution in [0.25, 0.3) is 15.9 Å². The summed E-state index contributed by atoms with van der Waals surface area (Å²) in [5.74, 6) is 1.07. The maximum Gasteiger partial charge on any atom is 0.267 e. The first-order valence-electron chi connectivity index (χ1n) is 11.0. The van der Waals surface area contributed by atoms with E-state index in [0.717, 1.165) is 41.5 Å². The molecule has 1 aliphatic carbocycles. The number of ether oxygens (including phenoxy) is 1. The molecule has 1 unspecified atom stereocenters. The first-order chi connectivity index (χ1) is 15.4. The van der Waals surface area contributed by atoms with Crippen molar-refractivity contribution in [2.75, 3.05) is 12.9 Å². The summed E-state index contributed by atoms with van der Waals surface area (Å²) in [4.78, 5) is 33.3. The van der Waals surface area contributed by atoms with Gasteiger partial charge in [0.05, 0.1) is 23.9 Å². The lowest BCUT2D eigenvalue weighted by atomic mass is 9.97. The van der Waals surface area contributed by atoms with E-state index in [-0.39, 0.29) is 23.3 Å². The summed E-state index contributed by atoms with van der Waals surface area (Å²) in [6, 6.07) is 7.53. The Morgan fingerprint density at radius 2 is 2.00 bits per heavy atom. The zero-order valence-electron chi connectivity index (χ0n) is 18.9. The van der Waals surface area contributed by atoms with Crippen LogP contribution in [0.5, 0.6) is 5.75 Å². The average molecular weight is 472 g/mol. The van der Waals surface area contributed by atoms with E-state index in [4.69, 9.17) is 9.72 Å². The third-order valence-corrected chi connectivity index (χ3v) is 8.13. The second-order valence-electron chi connectivity index (χ2n) is 8.49. The van der Waals surface area contributed by atoms with Crippen molar-refractivity contribution < 1.29 is 9.53 Å². The van der Waals surface area contributed by atoms with E-state index in [9.17, 15) is 9.59 Å². The van der Waals surface area contributed by atoms with Gasteiger partial charge in [0.2, 0.25) is 5.91 Å². The fraction of sp³-hybridized carbons (Fsp3) is 0.458. The summed E-state index contributed by atoms with van der Waals surface area (Å²) in [6.45, 7) is 6.15. The van der Waals surface area contributed by atoms with Gasteiger partial charge in [-0.15, -0.1) is 11.3 Å². The molecule has 0 radical (unpaired) electrons. The van der Waals surface area contributed by atoms with Gasteiger partial charge in [-0.1, -0.05) is 37.7 Å². The van der Waals surface area contributed by atoms with Crippen LogP contribution in [-0.4, -0.2) is 34.4 Å². The Kier molecular flexibility index (Phi) is 6.90. The molecule has 2 heterocycles. The van der Waals surface area contributed by atoms with Crippen molar-refractivity contribution in [3.05, 3.63) is 45.1 Å². The number of rotatable bonds is 7. The number of thiophene rings is 1. The maximum absolute atomic E-state index is 13.8. The van der Waals surface area contributed by atoms with Crippen LogP contribution in [0, 0.1) is 5.92 Å². The molecule has 3 aromatic rings. The quantitative estimate of drug-likeness (QED) is 0.403. The molecule has 32 heavy (non-hydrogen) atoms. The van der Waals surface area contributed by atoms with Gasteiger partial charge in [-0.2, -0.15) is 0 Å². The number of para-hydroxylation sites is 2. The van der Waals surface area contributed by atoms with Gasteiger partial charge in [0.25, 0.3) is 5.56 Å². The van der Waals surface area contributed by atoms with Crippen molar-refractivity contribution in [2.45, 2.75) is 57.7 Å². The molecule has 6 nitrogen and oxygen atoms in total. The summed E-state index contributed by atoms with van der Waals surface area (Å²) in [5.41, 5.74) is 1.71. The highest BCUT2D eigenvalue weighted by Gasteiger charge is 2.24. The fourth-order valence-corrected chi connectivity index (χ4v) is 6.02. The summed E-state index contributed by atoms with van der Waals surface area (Å²) in [5, 5.41) is 4.26. The second-order valence-corrected chi connectivity index (χ2v) is 10.5. The Balaban J connectivity index is 1.80. The van der Waals surface area contributed by atoms with E-state index in [1.807, 2.05) is 31.2 Å². The minimum atomic E-state index is -0.0858. The Morgan fingerprint density at radius 3 is 2.75 bits per heavy atom. The molecule has 8 heteroatoms. The van der Waals surface area contributed by atoms with E-state index >= 15 is 0 Å². The molecule has 1 aromatic carbocycles. The number of amides is 1. The lowest BCUT2D eigenvalue weighted by molar-refractivity contribution is -0.119. The van der Waals surface area contributed by atoms with E-state index in [1.54, 1.807) is 23.0 Å². The molecular weight excluding hydrogens is 442 g/mol. The number of fused-ring (bicyclic) bond motifs is 3. The standard InChI is InChI=1S/C24H29N3O3S2/c1-14(2)15(3)25-20(28)13-31-24-26-22-21(16-9-5-8-12-19(16)32-22)23(29)27(24)17-10-6-7-11-18(17)30-4/h6-7,10-11,14-15H,5,8-9,12-13H2,1-4H3,(H,25,28). The van der Waals surface area contributed by atoms with Crippen molar-refractivity contribution in [3.63, 3.8) is 0 Å². The molecular formula is C24H29N3O3S2. The van der Waals surface area contributed by atoms with Crippen LogP contribution in [0.4, 0.5) is 0 Å². The monoisotopic (exact) mass is 471 g/mol. The first kappa shape index (κ1) is 22.9. The molecule has 0 saturated heterocycles. The molecule has 0 spiro atoms. The zero-order chi connectivity index (χ0) is 22.8. The summed E-state index contributed by atoms with van der Waals surface area (Å²) in [7, 11) is 1.59. The molecule has 0 bridgehead atoms. The van der Waals surface area contributed by atoms with Gasteiger partial charge in [-0.3, -0.25) is 14.2 Å². The number of carbonyl (C=O) groups is 1. The minimum absolute atomic E-state index is 0.0670. The predicted molar refractivity (Wildman–Crippen MR) is 132 cm³/mol. The second kappa shape index (κ2) is 9.67. The SMILES string of the molecule is COc1ccccc1-n1c(SCC(=O)NC(C)C(C)C)nc2sc3c(c2c1=O)CCCC3. The number of benzene rings is 1. The van der Waals surface area contributed by atoms with Gasteiger partial charge in [-0.05, 0) is 56.2 Å². The van der Waals surface area contributed by atoms with Gasteiger partial charge >= 0.3 is 0 Å². The van der Waals surface area contributed by atoms with Crippen LogP contribution in [0.1, 0.15) is 44.1 Å². The van der Waals surface area contributed by atoms with Crippen molar-refractivity contribution in [1.29, 1.82) is 0 Å². The predicted octanol–water partition coefficient (Wildman–Crippen LogP) is 4.59. The van der Waals surface area contributed by atoms with E-state index in [1.165, 1.54) is 16.6 Å². The number of methoxy groups -OCH3 is 1. The molecule has 4 rings (SSSR count). The van der Waals surface area contributed by atoms with Crippen LogP contribution in [0.15, 0.2) is 34.2 Å². The molecule has 0 aliphatic heterocycles. The maximum atomic E-state index is 13.8. The average Bonchev–Trinajstić information content (AvgIpc) is 3.16. The van der Waals surface area contributed by atoms with Crippen molar-refractivity contribution in [3.8, 4) is 11.4 Å². The first-order valence-corrected chi connectivity index (χ1v) is 12.8. The molecule has 0 saturated carbocycles. The van der Waals surface area contributed by atoms with E-state index in [2.05, 4.69) is 19.2 Å². The highest BCUT2D eigenvalue weighted by Crippen LogP contribution is 2.36. The van der Waals surface area contributed by atoms with E-state index < -0.39 is 0 Å². The van der Waals surface area contributed by atoms with Crippen LogP contribution in [-0.2, 0) is 17.6 Å². The number of aromatic nitrogens is 2. The largest absolute Gasteiger partial charge is 0.495 e. The van der Waals surface area contributed by atoms with Gasteiger partial charge in [0, 0.05) is 10.9 Å². The Hall–Kier alpha value is -2.32. The molecule has 2 aromatic heterocycles. The number of carbonyl (C=O) groups excluding carboxylic acids is 1. The summed E-state index contributed by atoms with van der Waals surface area (Å²) >= 11 is 2.91. The molecule has 1 atom stereocenters. The topological polar surface area (TPSA) is 73.2 Å². The van der Waals surface area contributed by atoms with Crippen LogP contribution in [0.3, 0.4) is 0 Å². The molecule has 1 amide bonds. The highest BCUT2D eigenvalue weighted by molar-refractivity contribution is 7.99. The number of nitrogens with one attached hydrogen (secondary N) is 1. The van der Waals surface area contributed by atoms with Crippen LogP contribution < -0.4 is 15.6 Å². The van der Waals surface area contributed by atoms with Crippen LogP contribution in [0.2, 0.25) is 0 Å². The van der Waals surface area contributed by atoms with Crippen molar-refractivity contribution in [1.82, 2.24) is 14.9 Å². The van der Waals surface area contributed by atoms with Gasteiger partial charge in [0.15, 0.2) is 5.16 Å². The number of hydrogen-bond acceptors (Lipinski definition) is 6. The Bertz CT molecular complexity index is 1200. The summed E-state index contributed by atoms with van der Waals surface area (Å²) < 4.78 is 7.16. The lowest BCUT2D eigenvalue weighted by Gasteiger charge is -2.18. The Morgan fingerprint density at radius 1 is 1.25 bits per heavy atom. The van der Waals surface area contributed by atoms with Gasteiger partial charge in [-0.25, -0.2) is 4.98 Å².